The third-order valence-corrected chi connectivity index (χ3v) is 7.03. The van der Waals surface area contributed by atoms with Crippen molar-refractivity contribution in [1.82, 2.24) is 14.7 Å². The van der Waals surface area contributed by atoms with E-state index in [9.17, 15) is 17.6 Å². The zero-order chi connectivity index (χ0) is 29.8. The number of aromatic nitrogens is 2. The van der Waals surface area contributed by atoms with Crippen LogP contribution in [0.3, 0.4) is 0 Å². The Morgan fingerprint density at radius 3 is 2.35 bits per heavy atom. The summed E-state index contributed by atoms with van der Waals surface area (Å²) in [5.41, 5.74) is 5.88. The van der Waals surface area contributed by atoms with Gasteiger partial charge >= 0.3 is 0 Å². The molecule has 0 saturated heterocycles. The molecule has 0 bridgehead atoms. The van der Waals surface area contributed by atoms with Crippen LogP contribution in [0.15, 0.2) is 53.6 Å². The second-order valence-electron chi connectivity index (χ2n) is 11.4. The van der Waals surface area contributed by atoms with Crippen molar-refractivity contribution < 1.29 is 27.1 Å². The maximum absolute atomic E-state index is 14.5. The Balaban J connectivity index is 2.07. The lowest BCUT2D eigenvalue weighted by Crippen LogP contribution is -2.38. The van der Waals surface area contributed by atoms with Crippen LogP contribution in [0.1, 0.15) is 58.8 Å². The fourth-order valence-electron chi connectivity index (χ4n) is 4.16. The van der Waals surface area contributed by atoms with Crippen molar-refractivity contribution in [3.8, 4) is 22.9 Å². The molecule has 3 aromatic rings. The Kier molecular flexibility index (Phi) is 9.40. The number of carbonyl (C=O) groups excluding carboxylic acids is 1. The van der Waals surface area contributed by atoms with Crippen molar-refractivity contribution in [2.24, 2.45) is 17.3 Å². The van der Waals surface area contributed by atoms with Crippen LogP contribution in [0.4, 0.5) is 10.2 Å². The standard InChI is InChI=1S/C29H37FN4O5S/c1-17(2)16-38-21-14-19(13-20(30)15-21)23-12-11-22(28(32-23)39-26(18(3)4)29(5,6)7)27(35)34-40(36,37)25-10-8-9-24(31)33-25/h8-15,17-18,26H,16H2,1-7H3,(H2,31,33)(H,34,35). The molecule has 40 heavy (non-hydrogen) atoms. The smallest absolute Gasteiger partial charge is 0.281 e. The summed E-state index contributed by atoms with van der Waals surface area (Å²) in [6.07, 6.45) is -0.397. The molecule has 2 heterocycles. The number of hydrogen-bond donors (Lipinski definition) is 2. The first kappa shape index (κ1) is 30.8. The number of carbonyl (C=O) groups is 1. The number of rotatable bonds is 10. The molecule has 216 valence electrons. The number of pyridine rings is 2. The van der Waals surface area contributed by atoms with Gasteiger partial charge in [0.05, 0.1) is 12.3 Å². The summed E-state index contributed by atoms with van der Waals surface area (Å²) in [6, 6.07) is 11.2. The van der Waals surface area contributed by atoms with E-state index < -0.39 is 32.9 Å². The molecule has 11 heteroatoms. The number of sulfonamides is 1. The Morgan fingerprint density at radius 1 is 1.05 bits per heavy atom. The fourth-order valence-corrected chi connectivity index (χ4v) is 5.11. The number of nitrogen functional groups attached to an aromatic ring is 1. The second kappa shape index (κ2) is 12.2. The summed E-state index contributed by atoms with van der Waals surface area (Å²) in [4.78, 5) is 21.6. The molecule has 3 N–H and O–H groups in total. The van der Waals surface area contributed by atoms with Crippen molar-refractivity contribution in [2.45, 2.75) is 59.6 Å². The van der Waals surface area contributed by atoms with Gasteiger partial charge in [0.1, 0.15) is 29.1 Å². The van der Waals surface area contributed by atoms with Crippen LogP contribution >= 0.6 is 0 Å². The molecule has 0 aliphatic rings. The number of nitrogens with two attached hydrogens (primary N) is 1. The zero-order valence-electron chi connectivity index (χ0n) is 23.9. The van der Waals surface area contributed by atoms with Gasteiger partial charge in [-0.2, -0.15) is 8.42 Å². The Labute approximate surface area is 235 Å². The largest absolute Gasteiger partial charge is 0.493 e. The first-order valence-corrected chi connectivity index (χ1v) is 14.5. The maximum Gasteiger partial charge on any atom is 0.281 e. The second-order valence-corrected chi connectivity index (χ2v) is 13.0. The summed E-state index contributed by atoms with van der Waals surface area (Å²) >= 11 is 0. The normalized spacial score (nSPS) is 12.8. The van der Waals surface area contributed by atoms with Gasteiger partial charge < -0.3 is 15.2 Å². The number of nitrogens with zero attached hydrogens (tertiary/aromatic N) is 2. The third-order valence-electron chi connectivity index (χ3n) is 5.80. The molecule has 0 radical (unpaired) electrons. The van der Waals surface area contributed by atoms with E-state index in [4.69, 9.17) is 15.2 Å². The van der Waals surface area contributed by atoms with Crippen molar-refractivity contribution in [3.05, 3.63) is 59.9 Å². The first-order chi connectivity index (χ1) is 18.6. The van der Waals surface area contributed by atoms with Crippen LogP contribution in [-0.2, 0) is 10.0 Å². The lowest BCUT2D eigenvalue weighted by molar-refractivity contribution is 0.0422. The van der Waals surface area contributed by atoms with Gasteiger partial charge in [-0.05, 0) is 53.6 Å². The minimum atomic E-state index is -4.35. The van der Waals surface area contributed by atoms with Crippen molar-refractivity contribution >= 4 is 21.7 Å². The van der Waals surface area contributed by atoms with Gasteiger partial charge in [0.15, 0.2) is 5.03 Å². The van der Waals surface area contributed by atoms with E-state index in [0.29, 0.717) is 23.6 Å². The molecule has 1 unspecified atom stereocenters. The zero-order valence-corrected chi connectivity index (χ0v) is 24.7. The number of anilines is 1. The van der Waals surface area contributed by atoms with Crippen LogP contribution < -0.4 is 19.9 Å². The summed E-state index contributed by atoms with van der Waals surface area (Å²) in [5, 5.41) is -0.406. The molecule has 0 fully saturated rings. The number of ether oxygens (including phenoxy) is 2. The maximum atomic E-state index is 14.5. The van der Waals surface area contributed by atoms with Gasteiger partial charge in [-0.1, -0.05) is 54.5 Å². The predicted molar refractivity (Wildman–Crippen MR) is 152 cm³/mol. The molecular weight excluding hydrogens is 535 g/mol. The highest BCUT2D eigenvalue weighted by atomic mass is 32.2. The number of amides is 1. The summed E-state index contributed by atoms with van der Waals surface area (Å²) in [5.74, 6) is -0.980. The van der Waals surface area contributed by atoms with E-state index in [2.05, 4.69) is 9.97 Å². The van der Waals surface area contributed by atoms with E-state index in [-0.39, 0.29) is 34.5 Å². The SMILES string of the molecule is CC(C)COc1cc(F)cc(-c2ccc(C(=O)NS(=O)(=O)c3cccc(N)n3)c(OC(C(C)C)C(C)(C)C)n2)c1. The quantitative estimate of drug-likeness (QED) is 0.327. The van der Waals surface area contributed by atoms with Gasteiger partial charge in [-0.25, -0.2) is 19.1 Å². The molecule has 3 rings (SSSR count). The highest BCUT2D eigenvalue weighted by Crippen LogP contribution is 2.33. The van der Waals surface area contributed by atoms with Crippen molar-refractivity contribution in [1.29, 1.82) is 0 Å². The van der Waals surface area contributed by atoms with Gasteiger partial charge in [-0.15, -0.1) is 0 Å². The van der Waals surface area contributed by atoms with Crippen LogP contribution in [0, 0.1) is 23.1 Å². The summed E-state index contributed by atoms with van der Waals surface area (Å²) < 4.78 is 54.3. The third kappa shape index (κ3) is 7.91. The number of hydrogen-bond acceptors (Lipinski definition) is 8. The Morgan fingerprint density at radius 2 is 1.75 bits per heavy atom. The number of halogens is 1. The lowest BCUT2D eigenvalue weighted by atomic mass is 9.82. The summed E-state index contributed by atoms with van der Waals surface area (Å²) in [6.45, 7) is 14.3. The molecule has 0 aliphatic carbocycles. The van der Waals surface area contributed by atoms with Crippen molar-refractivity contribution in [2.75, 3.05) is 12.3 Å². The molecule has 0 aliphatic heterocycles. The lowest BCUT2D eigenvalue weighted by Gasteiger charge is -2.34. The average Bonchev–Trinajstić information content (AvgIpc) is 2.84. The Hall–Kier alpha value is -3.73. The highest BCUT2D eigenvalue weighted by molar-refractivity contribution is 7.90. The van der Waals surface area contributed by atoms with Gasteiger partial charge in [0.25, 0.3) is 15.9 Å². The molecule has 0 spiro atoms. The Bertz CT molecular complexity index is 1470. The minimum absolute atomic E-state index is 0.0119. The molecule has 1 aromatic carbocycles. The average molecular weight is 573 g/mol. The van der Waals surface area contributed by atoms with Gasteiger partial charge in [0, 0.05) is 11.6 Å². The van der Waals surface area contributed by atoms with E-state index >= 15 is 0 Å². The molecule has 1 amide bonds. The van der Waals surface area contributed by atoms with Crippen LogP contribution in [0.5, 0.6) is 11.6 Å². The van der Waals surface area contributed by atoms with E-state index in [1.807, 2.05) is 53.2 Å². The van der Waals surface area contributed by atoms with Gasteiger partial charge in [0.2, 0.25) is 5.88 Å². The molecule has 9 nitrogen and oxygen atoms in total. The number of benzene rings is 1. The number of nitrogens with one attached hydrogen (secondary N) is 1. The molecule has 1 atom stereocenters. The van der Waals surface area contributed by atoms with Crippen LogP contribution in [0.25, 0.3) is 11.3 Å². The fraction of sp³-hybridized carbons (Fsp3) is 0.414. The van der Waals surface area contributed by atoms with E-state index in [0.717, 1.165) is 0 Å². The van der Waals surface area contributed by atoms with Crippen molar-refractivity contribution in [3.63, 3.8) is 0 Å². The molecule has 2 aromatic heterocycles. The minimum Gasteiger partial charge on any atom is -0.493 e. The highest BCUT2D eigenvalue weighted by Gasteiger charge is 2.32. The molecular formula is C29H37FN4O5S. The first-order valence-electron chi connectivity index (χ1n) is 13.0. The van der Waals surface area contributed by atoms with E-state index in [1.165, 1.54) is 42.5 Å². The predicted octanol–water partition coefficient (Wildman–Crippen LogP) is 5.47. The van der Waals surface area contributed by atoms with Gasteiger partial charge in [-0.3, -0.25) is 4.79 Å². The molecule has 0 saturated carbocycles. The monoisotopic (exact) mass is 572 g/mol. The van der Waals surface area contributed by atoms with E-state index in [1.54, 1.807) is 6.07 Å². The van der Waals surface area contributed by atoms with Crippen LogP contribution in [0.2, 0.25) is 0 Å². The topological polar surface area (TPSA) is 134 Å². The van der Waals surface area contributed by atoms with Crippen LogP contribution in [-0.4, -0.2) is 37.0 Å². The summed E-state index contributed by atoms with van der Waals surface area (Å²) in [7, 11) is -4.35.